The molecule has 0 aromatic heterocycles. The number of unbranched alkanes of at least 4 members (excludes halogenated alkanes) is 4. The van der Waals surface area contributed by atoms with Crippen LogP contribution in [-0.2, 0) is 6.42 Å². The zero-order valence-corrected chi connectivity index (χ0v) is 23.4. The molecule has 170 valence electrons. The van der Waals surface area contributed by atoms with Crippen molar-refractivity contribution >= 4 is 25.6 Å². The van der Waals surface area contributed by atoms with Gasteiger partial charge < -0.3 is 4.74 Å². The molecule has 0 unspecified atom stereocenters. The summed E-state index contributed by atoms with van der Waals surface area (Å²) in [5.41, 5.74) is 7.39. The highest BCUT2D eigenvalue weighted by Crippen LogP contribution is 2.41. The molecule has 0 aliphatic carbocycles. The maximum Gasteiger partial charge on any atom is 0.127 e. The van der Waals surface area contributed by atoms with E-state index < -0.39 is 15.2 Å². The summed E-state index contributed by atoms with van der Waals surface area (Å²) in [6.45, 7) is 20.5. The van der Waals surface area contributed by atoms with Crippen LogP contribution >= 0.6 is 0 Å². The van der Waals surface area contributed by atoms with Crippen molar-refractivity contribution in [3.05, 3.63) is 41.0 Å². The summed E-state index contributed by atoms with van der Waals surface area (Å²) >= 11 is 0. The topological polar surface area (TPSA) is 9.23 Å². The number of fused-ring (bicyclic) bond motifs is 3. The van der Waals surface area contributed by atoms with Crippen molar-refractivity contribution in [2.45, 2.75) is 98.8 Å². The van der Waals surface area contributed by atoms with Crippen LogP contribution in [0.15, 0.2) is 24.3 Å². The molecule has 1 aliphatic rings. The van der Waals surface area contributed by atoms with Crippen LogP contribution in [0.1, 0.15) is 69.1 Å². The first-order valence-corrected chi connectivity index (χ1v) is 19.6. The van der Waals surface area contributed by atoms with Gasteiger partial charge in [-0.05, 0) is 55.9 Å². The molecule has 0 N–H and O–H groups in total. The Labute approximate surface area is 193 Å². The molecule has 3 heteroatoms. The Bertz CT molecular complexity index is 927. The van der Waals surface area contributed by atoms with Crippen LogP contribution < -0.4 is 15.1 Å². The van der Waals surface area contributed by atoms with Crippen LogP contribution in [0.2, 0.25) is 26.2 Å². The third-order valence-corrected chi connectivity index (χ3v) is 25.4. The Morgan fingerprint density at radius 3 is 1.84 bits per heavy atom. The van der Waals surface area contributed by atoms with E-state index in [4.69, 9.17) is 4.74 Å². The highest BCUT2D eigenvalue weighted by Gasteiger charge is 2.50. The van der Waals surface area contributed by atoms with Gasteiger partial charge >= 0.3 is 0 Å². The van der Waals surface area contributed by atoms with Gasteiger partial charge in [0.15, 0.2) is 0 Å². The molecule has 1 heterocycles. The molecule has 0 spiro atoms. The predicted molar refractivity (Wildman–Crippen MR) is 144 cm³/mol. The minimum absolute atomic E-state index is 0.832. The summed E-state index contributed by atoms with van der Waals surface area (Å²) in [5.74, 6) is 1.15. The molecule has 1 nitrogen and oxygen atoms in total. The fraction of sp³-hybridized carbons (Fsp3) is 0.571. The van der Waals surface area contributed by atoms with E-state index in [9.17, 15) is 0 Å². The number of benzene rings is 2. The van der Waals surface area contributed by atoms with E-state index >= 15 is 0 Å². The van der Waals surface area contributed by atoms with Crippen molar-refractivity contribution in [1.82, 2.24) is 0 Å². The van der Waals surface area contributed by atoms with Crippen molar-refractivity contribution in [2.75, 3.05) is 6.61 Å². The van der Waals surface area contributed by atoms with Gasteiger partial charge in [-0.25, -0.2) is 0 Å². The van der Waals surface area contributed by atoms with E-state index in [0.717, 1.165) is 18.8 Å². The molecule has 0 saturated carbocycles. The van der Waals surface area contributed by atoms with Gasteiger partial charge in [0.25, 0.3) is 0 Å². The number of hydrogen-bond acceptors (Lipinski definition) is 1. The number of rotatable bonds is 9. The highest BCUT2D eigenvalue weighted by molar-refractivity contribution is 7.51. The van der Waals surface area contributed by atoms with Crippen molar-refractivity contribution in [3.63, 3.8) is 0 Å². The average Bonchev–Trinajstić information content (AvgIpc) is 2.70. The van der Waals surface area contributed by atoms with Crippen LogP contribution in [0.5, 0.6) is 5.75 Å². The molecule has 0 radical (unpaired) electrons. The van der Waals surface area contributed by atoms with Gasteiger partial charge in [-0.1, -0.05) is 99.9 Å². The zero-order valence-electron chi connectivity index (χ0n) is 21.4. The Hall–Kier alpha value is -1.33. The number of hydrogen-bond donors (Lipinski definition) is 0. The van der Waals surface area contributed by atoms with E-state index in [0.29, 0.717) is 0 Å². The maximum atomic E-state index is 6.55. The lowest BCUT2D eigenvalue weighted by Gasteiger charge is -2.46. The van der Waals surface area contributed by atoms with Gasteiger partial charge in [-0.3, -0.25) is 0 Å². The van der Waals surface area contributed by atoms with E-state index in [1.807, 2.05) is 0 Å². The van der Waals surface area contributed by atoms with E-state index in [2.05, 4.69) is 78.1 Å². The predicted octanol–water partition coefficient (Wildman–Crippen LogP) is 7.19. The van der Waals surface area contributed by atoms with Crippen LogP contribution in [-0.4, -0.2) is 21.8 Å². The lowest BCUT2D eigenvalue weighted by atomic mass is 9.92. The summed E-state index contributed by atoms with van der Waals surface area (Å²) in [6, 6.07) is 9.86. The van der Waals surface area contributed by atoms with Gasteiger partial charge in [-0.2, -0.15) is 0 Å². The minimum atomic E-state index is -1.63. The van der Waals surface area contributed by atoms with E-state index in [1.165, 1.54) is 55.2 Å². The second-order valence-corrected chi connectivity index (χ2v) is 25.9. The highest BCUT2D eigenvalue weighted by atomic mass is 29.3. The molecular formula is C28H44OSi2. The van der Waals surface area contributed by atoms with Crippen molar-refractivity contribution < 1.29 is 4.74 Å². The molecule has 0 atom stereocenters. The summed E-state index contributed by atoms with van der Waals surface area (Å²) in [4.78, 5) is 0. The average molecular weight is 453 g/mol. The fourth-order valence-electron chi connectivity index (χ4n) is 5.24. The SMILES string of the molecule is CCCCCOc1cc(C)cc2c1-c1c(CCCCC)cc(C)cc1[Si](C)(C)[Si]2(C)C. The van der Waals surface area contributed by atoms with E-state index in [-0.39, 0.29) is 0 Å². The number of aryl methyl sites for hydroxylation is 3. The molecule has 2 aromatic rings. The Kier molecular flexibility index (Phi) is 7.58. The first-order valence-electron chi connectivity index (χ1n) is 12.6. The lowest BCUT2D eigenvalue weighted by Crippen LogP contribution is -2.72. The second-order valence-electron chi connectivity index (χ2n) is 10.8. The summed E-state index contributed by atoms with van der Waals surface area (Å²) in [5, 5.41) is 3.35. The van der Waals surface area contributed by atoms with Crippen LogP contribution in [0, 0.1) is 13.8 Å². The first-order chi connectivity index (χ1) is 14.6. The molecule has 1 aliphatic heterocycles. The van der Waals surface area contributed by atoms with Crippen molar-refractivity contribution in [2.24, 2.45) is 0 Å². The van der Waals surface area contributed by atoms with Crippen LogP contribution in [0.25, 0.3) is 11.1 Å². The first kappa shape index (κ1) is 24.3. The molecular weight excluding hydrogens is 408 g/mol. The normalized spacial score (nSPS) is 16.0. The summed E-state index contributed by atoms with van der Waals surface area (Å²) in [6.07, 6.45) is 8.67. The van der Waals surface area contributed by atoms with Gasteiger partial charge in [-0.15, -0.1) is 0 Å². The monoisotopic (exact) mass is 452 g/mol. The molecule has 2 aromatic carbocycles. The number of ether oxygens (including phenoxy) is 1. The minimum Gasteiger partial charge on any atom is -0.493 e. The molecule has 0 saturated heterocycles. The molecule has 31 heavy (non-hydrogen) atoms. The lowest BCUT2D eigenvalue weighted by molar-refractivity contribution is 0.307. The molecule has 0 fully saturated rings. The van der Waals surface area contributed by atoms with Gasteiger partial charge in [0.05, 0.1) is 21.8 Å². The van der Waals surface area contributed by atoms with Gasteiger partial charge in [0.2, 0.25) is 0 Å². The van der Waals surface area contributed by atoms with E-state index in [1.54, 1.807) is 21.5 Å². The van der Waals surface area contributed by atoms with Crippen molar-refractivity contribution in [3.8, 4) is 16.9 Å². The largest absolute Gasteiger partial charge is 0.493 e. The Balaban J connectivity index is 2.25. The molecule has 0 bridgehead atoms. The Morgan fingerprint density at radius 1 is 0.677 bits per heavy atom. The third-order valence-electron chi connectivity index (χ3n) is 7.83. The summed E-state index contributed by atoms with van der Waals surface area (Å²) < 4.78 is 6.55. The van der Waals surface area contributed by atoms with Crippen LogP contribution in [0.3, 0.4) is 0 Å². The Morgan fingerprint density at radius 2 is 1.23 bits per heavy atom. The molecule has 3 rings (SSSR count). The van der Waals surface area contributed by atoms with Crippen molar-refractivity contribution in [1.29, 1.82) is 0 Å². The standard InChI is InChI=1S/C28H44OSi2/c1-9-11-13-15-23-17-21(3)19-25-27(23)28-24(29-16-14-12-10-2)18-22(4)20-26(28)31(7,8)30(25,5)6/h17-20H,9-16H2,1-8H3. The van der Waals surface area contributed by atoms with Gasteiger partial charge in [0.1, 0.15) is 5.75 Å². The van der Waals surface area contributed by atoms with Gasteiger partial charge in [0, 0.05) is 5.56 Å². The smallest absolute Gasteiger partial charge is 0.127 e. The maximum absolute atomic E-state index is 6.55. The quantitative estimate of drug-likeness (QED) is 0.289. The second kappa shape index (κ2) is 9.66. The third kappa shape index (κ3) is 4.59. The zero-order chi connectivity index (χ0) is 22.8. The fourth-order valence-corrected chi connectivity index (χ4v) is 14.8. The summed E-state index contributed by atoms with van der Waals surface area (Å²) in [7, 11) is -3.24. The molecule has 0 amide bonds. The van der Waals surface area contributed by atoms with Crippen LogP contribution in [0.4, 0.5) is 0 Å².